The lowest BCUT2D eigenvalue weighted by Crippen LogP contribution is -2.23. The molecule has 26 heavy (non-hydrogen) atoms. The Labute approximate surface area is 154 Å². The van der Waals surface area contributed by atoms with Crippen LogP contribution in [0.2, 0.25) is 5.02 Å². The Kier molecular flexibility index (Phi) is 4.31. The minimum Gasteiger partial charge on any atom is -0.463 e. The highest BCUT2D eigenvalue weighted by Gasteiger charge is 2.31. The molecule has 1 aliphatic heterocycles. The van der Waals surface area contributed by atoms with E-state index in [9.17, 15) is 9.59 Å². The van der Waals surface area contributed by atoms with Gasteiger partial charge in [-0.2, -0.15) is 0 Å². The smallest absolute Gasteiger partial charge is 0.347 e. The van der Waals surface area contributed by atoms with Crippen LogP contribution < -0.4 is 0 Å². The zero-order chi connectivity index (χ0) is 18.1. The summed E-state index contributed by atoms with van der Waals surface area (Å²) < 4.78 is 10.2. The minimum absolute atomic E-state index is 0.268. The summed E-state index contributed by atoms with van der Waals surface area (Å²) in [5, 5.41) is 1.29. The number of hydrogen-bond donors (Lipinski definition) is 0. The molecule has 6 heteroatoms. The van der Waals surface area contributed by atoms with Gasteiger partial charge in [0.25, 0.3) is 0 Å². The van der Waals surface area contributed by atoms with E-state index in [1.54, 1.807) is 24.3 Å². The number of halogens is 1. The lowest BCUT2D eigenvalue weighted by atomic mass is 10.0. The van der Waals surface area contributed by atoms with Gasteiger partial charge in [-0.1, -0.05) is 41.9 Å². The van der Waals surface area contributed by atoms with Gasteiger partial charge in [-0.25, -0.2) is 14.6 Å². The van der Waals surface area contributed by atoms with Gasteiger partial charge in [-0.05, 0) is 24.3 Å². The molecule has 0 aliphatic carbocycles. The first-order chi connectivity index (χ1) is 12.6. The van der Waals surface area contributed by atoms with Crippen molar-refractivity contribution in [3.63, 3.8) is 0 Å². The number of ether oxygens (including phenoxy) is 2. The van der Waals surface area contributed by atoms with E-state index in [4.69, 9.17) is 21.1 Å². The van der Waals surface area contributed by atoms with E-state index in [-0.39, 0.29) is 6.61 Å². The van der Waals surface area contributed by atoms with Crippen LogP contribution in [0.25, 0.3) is 22.2 Å². The van der Waals surface area contributed by atoms with Crippen molar-refractivity contribution in [3.8, 4) is 11.3 Å². The molecule has 1 aromatic heterocycles. The number of carbonyl (C=O) groups excluding carboxylic acids is 2. The van der Waals surface area contributed by atoms with Gasteiger partial charge in [0.15, 0.2) is 0 Å². The lowest BCUT2D eigenvalue weighted by Gasteiger charge is -2.12. The average Bonchev–Trinajstić information content (AvgIpc) is 3.06. The van der Waals surface area contributed by atoms with Crippen LogP contribution in [0.15, 0.2) is 54.6 Å². The Bertz CT molecular complexity index is 1000. The summed E-state index contributed by atoms with van der Waals surface area (Å²) in [5.74, 6) is -1.07. The summed E-state index contributed by atoms with van der Waals surface area (Å²) in [5.41, 5.74) is 2.48. The molecule has 1 fully saturated rings. The van der Waals surface area contributed by atoms with Crippen molar-refractivity contribution in [1.29, 1.82) is 0 Å². The van der Waals surface area contributed by atoms with Crippen molar-refractivity contribution in [2.45, 2.75) is 12.5 Å². The molecule has 0 radical (unpaired) electrons. The fourth-order valence-electron chi connectivity index (χ4n) is 2.89. The van der Waals surface area contributed by atoms with Gasteiger partial charge in [-0.15, -0.1) is 0 Å². The largest absolute Gasteiger partial charge is 0.463 e. The summed E-state index contributed by atoms with van der Waals surface area (Å²) in [6, 6.07) is 16.2. The molecule has 1 atom stereocenters. The number of cyclic esters (lactones) is 1. The van der Waals surface area contributed by atoms with Gasteiger partial charge in [0, 0.05) is 22.4 Å². The number of aromatic nitrogens is 1. The number of pyridine rings is 1. The highest BCUT2D eigenvalue weighted by atomic mass is 35.5. The molecule has 5 nitrogen and oxygen atoms in total. The molecule has 0 saturated carbocycles. The third-order valence-corrected chi connectivity index (χ3v) is 4.46. The van der Waals surface area contributed by atoms with Crippen molar-refractivity contribution in [3.05, 3.63) is 65.2 Å². The van der Waals surface area contributed by atoms with Gasteiger partial charge < -0.3 is 9.47 Å². The number of carbonyl (C=O) groups is 2. The van der Waals surface area contributed by atoms with Crippen molar-refractivity contribution in [1.82, 2.24) is 4.98 Å². The van der Waals surface area contributed by atoms with Gasteiger partial charge >= 0.3 is 11.9 Å². The maximum atomic E-state index is 12.7. The SMILES string of the molecule is O=C(O[C@@H]1CCOC1=O)c1cc(-c2ccc(Cl)cc2)nc2ccccc12. The number of para-hydroxylation sites is 1. The summed E-state index contributed by atoms with van der Waals surface area (Å²) in [6.07, 6.45) is -0.481. The van der Waals surface area contributed by atoms with Gasteiger partial charge in [0.05, 0.1) is 23.4 Å². The number of benzene rings is 2. The lowest BCUT2D eigenvalue weighted by molar-refractivity contribution is -0.145. The second kappa shape index (κ2) is 6.77. The third kappa shape index (κ3) is 3.13. The molecule has 0 unspecified atom stereocenters. The standard InChI is InChI=1S/C20H14ClNO4/c21-13-7-5-12(6-8-13)17-11-15(14-3-1-2-4-16(14)22-17)19(23)26-18-9-10-25-20(18)24/h1-8,11,18H,9-10H2/t18-/m1/s1. The molecule has 0 N–H and O–H groups in total. The zero-order valence-corrected chi connectivity index (χ0v) is 14.4. The normalized spacial score (nSPS) is 16.5. The van der Waals surface area contributed by atoms with E-state index in [0.717, 1.165) is 5.56 Å². The molecule has 1 saturated heterocycles. The van der Waals surface area contributed by atoms with Crippen LogP contribution in [-0.4, -0.2) is 29.6 Å². The first kappa shape index (κ1) is 16.5. The van der Waals surface area contributed by atoms with E-state index in [1.807, 2.05) is 30.3 Å². The molecule has 0 spiro atoms. The number of esters is 2. The Morgan fingerprint density at radius 3 is 2.65 bits per heavy atom. The molecule has 4 rings (SSSR count). The van der Waals surface area contributed by atoms with Crippen LogP contribution in [0.3, 0.4) is 0 Å². The fraction of sp³-hybridized carbons (Fsp3) is 0.150. The van der Waals surface area contributed by atoms with E-state index in [2.05, 4.69) is 4.98 Å². The second-order valence-corrected chi connectivity index (χ2v) is 6.37. The van der Waals surface area contributed by atoms with Crippen molar-refractivity contribution in [2.75, 3.05) is 6.61 Å². The highest BCUT2D eigenvalue weighted by Crippen LogP contribution is 2.27. The minimum atomic E-state index is -0.853. The van der Waals surface area contributed by atoms with Crippen molar-refractivity contribution < 1.29 is 19.1 Å². The maximum Gasteiger partial charge on any atom is 0.347 e. The molecular weight excluding hydrogens is 354 g/mol. The van der Waals surface area contributed by atoms with Crippen LogP contribution in [0.1, 0.15) is 16.8 Å². The van der Waals surface area contributed by atoms with Crippen LogP contribution in [0, 0.1) is 0 Å². The predicted octanol–water partition coefficient (Wildman–Crippen LogP) is 4.03. The van der Waals surface area contributed by atoms with Crippen LogP contribution in [-0.2, 0) is 14.3 Å². The van der Waals surface area contributed by atoms with Crippen LogP contribution >= 0.6 is 11.6 Å². The Morgan fingerprint density at radius 1 is 1.15 bits per heavy atom. The quantitative estimate of drug-likeness (QED) is 0.654. The molecule has 2 aromatic carbocycles. The average molecular weight is 368 g/mol. The molecule has 130 valence electrons. The second-order valence-electron chi connectivity index (χ2n) is 5.93. The number of rotatable bonds is 3. The van der Waals surface area contributed by atoms with Crippen LogP contribution in [0.4, 0.5) is 0 Å². The van der Waals surface area contributed by atoms with Crippen LogP contribution in [0.5, 0.6) is 0 Å². The number of fused-ring (bicyclic) bond motifs is 1. The maximum absolute atomic E-state index is 12.7. The fourth-order valence-corrected chi connectivity index (χ4v) is 3.02. The monoisotopic (exact) mass is 367 g/mol. The van der Waals surface area contributed by atoms with Gasteiger partial charge in [0.1, 0.15) is 0 Å². The van der Waals surface area contributed by atoms with Crippen molar-refractivity contribution >= 4 is 34.4 Å². The predicted molar refractivity (Wildman–Crippen MR) is 97.0 cm³/mol. The third-order valence-electron chi connectivity index (χ3n) is 4.21. The van der Waals surface area contributed by atoms with Gasteiger partial charge in [-0.3, -0.25) is 0 Å². The molecule has 0 bridgehead atoms. The zero-order valence-electron chi connectivity index (χ0n) is 13.6. The number of hydrogen-bond acceptors (Lipinski definition) is 5. The molecule has 0 amide bonds. The molecular formula is C20H14ClNO4. The first-order valence-corrected chi connectivity index (χ1v) is 8.53. The van der Waals surface area contributed by atoms with E-state index in [1.165, 1.54) is 0 Å². The molecule has 1 aliphatic rings. The number of nitrogens with zero attached hydrogens (tertiary/aromatic N) is 1. The molecule has 2 heterocycles. The van der Waals surface area contributed by atoms with Crippen molar-refractivity contribution in [2.24, 2.45) is 0 Å². The molecule has 3 aromatic rings. The first-order valence-electron chi connectivity index (χ1n) is 8.15. The summed E-state index contributed by atoms with van der Waals surface area (Å²) in [4.78, 5) is 28.9. The summed E-state index contributed by atoms with van der Waals surface area (Å²) >= 11 is 5.95. The Balaban J connectivity index is 1.78. The Hall–Kier alpha value is -2.92. The summed E-state index contributed by atoms with van der Waals surface area (Å²) in [6.45, 7) is 0.268. The summed E-state index contributed by atoms with van der Waals surface area (Å²) in [7, 11) is 0. The highest BCUT2D eigenvalue weighted by molar-refractivity contribution is 6.30. The topological polar surface area (TPSA) is 65.5 Å². The van der Waals surface area contributed by atoms with E-state index >= 15 is 0 Å². The van der Waals surface area contributed by atoms with E-state index in [0.29, 0.717) is 33.6 Å². The van der Waals surface area contributed by atoms with E-state index < -0.39 is 18.0 Å². The van der Waals surface area contributed by atoms with Gasteiger partial charge in [0.2, 0.25) is 6.10 Å². The Morgan fingerprint density at radius 2 is 1.92 bits per heavy atom.